The molecule has 1 aliphatic carbocycles. The summed E-state index contributed by atoms with van der Waals surface area (Å²) in [4.78, 5) is 10.9. The van der Waals surface area contributed by atoms with Crippen molar-refractivity contribution in [2.24, 2.45) is 5.41 Å². The highest BCUT2D eigenvalue weighted by Gasteiger charge is 2.50. The van der Waals surface area contributed by atoms with Gasteiger partial charge in [-0.15, -0.1) is 0 Å². The molecule has 4 heteroatoms. The van der Waals surface area contributed by atoms with Crippen molar-refractivity contribution in [1.82, 2.24) is 0 Å². The van der Waals surface area contributed by atoms with Gasteiger partial charge in [-0.3, -0.25) is 4.79 Å². The fourth-order valence-corrected chi connectivity index (χ4v) is 1.06. The first-order valence-electron chi connectivity index (χ1n) is 3.60. The van der Waals surface area contributed by atoms with E-state index in [4.69, 9.17) is 0 Å². The van der Waals surface area contributed by atoms with Crippen LogP contribution in [0.1, 0.15) is 26.2 Å². The zero-order chi connectivity index (χ0) is 8.48. The molecule has 0 amide bonds. The van der Waals surface area contributed by atoms with Gasteiger partial charge in [-0.1, -0.05) is 6.92 Å². The number of hydrogen-bond acceptors (Lipinski definition) is 2. The molecule has 0 N–H and O–H groups in total. The summed E-state index contributed by atoms with van der Waals surface area (Å²) in [5, 5.41) is 0. The number of esters is 1. The van der Waals surface area contributed by atoms with Gasteiger partial charge in [0.2, 0.25) is 0 Å². The van der Waals surface area contributed by atoms with Crippen molar-refractivity contribution in [3.05, 3.63) is 0 Å². The summed E-state index contributed by atoms with van der Waals surface area (Å²) >= 11 is 0. The lowest BCUT2D eigenvalue weighted by Gasteiger charge is -2.10. The molecule has 0 radical (unpaired) electrons. The van der Waals surface area contributed by atoms with E-state index in [1.807, 2.05) is 0 Å². The van der Waals surface area contributed by atoms with Gasteiger partial charge in [0.25, 0.3) is 0 Å². The van der Waals surface area contributed by atoms with Crippen LogP contribution in [0.4, 0.5) is 8.78 Å². The van der Waals surface area contributed by atoms with Crippen molar-refractivity contribution >= 4 is 5.97 Å². The van der Waals surface area contributed by atoms with Gasteiger partial charge in [0, 0.05) is 0 Å². The molecule has 0 aromatic carbocycles. The molecule has 0 saturated heterocycles. The van der Waals surface area contributed by atoms with E-state index in [0.717, 1.165) is 0 Å². The van der Waals surface area contributed by atoms with Crippen LogP contribution < -0.4 is 0 Å². The van der Waals surface area contributed by atoms with E-state index in [1.54, 1.807) is 6.92 Å². The molecule has 64 valence electrons. The van der Waals surface area contributed by atoms with Gasteiger partial charge in [-0.05, 0) is 19.3 Å². The summed E-state index contributed by atoms with van der Waals surface area (Å²) in [5.41, 5.74) is -0.559. The lowest BCUT2D eigenvalue weighted by Crippen LogP contribution is -2.20. The molecular formula is C7H10F2O2. The normalized spacial score (nSPS) is 20.0. The lowest BCUT2D eigenvalue weighted by atomic mass is 10.1. The van der Waals surface area contributed by atoms with Crippen LogP contribution in [-0.4, -0.2) is 12.6 Å². The van der Waals surface area contributed by atoms with E-state index in [1.165, 1.54) is 0 Å². The Morgan fingerprint density at radius 3 is 2.45 bits per heavy atom. The smallest absolute Gasteiger partial charge is 0.389 e. The molecule has 0 atom stereocenters. The summed E-state index contributed by atoms with van der Waals surface area (Å²) in [6.45, 7) is -1.16. The zero-order valence-corrected chi connectivity index (χ0v) is 6.27. The first-order valence-corrected chi connectivity index (χ1v) is 3.60. The van der Waals surface area contributed by atoms with Gasteiger partial charge < -0.3 is 4.74 Å². The van der Waals surface area contributed by atoms with Crippen molar-refractivity contribution in [2.75, 3.05) is 0 Å². The number of hydrogen-bond donors (Lipinski definition) is 0. The Labute approximate surface area is 63.5 Å². The van der Waals surface area contributed by atoms with Crippen LogP contribution in [-0.2, 0) is 9.53 Å². The Hall–Kier alpha value is -0.670. The van der Waals surface area contributed by atoms with Gasteiger partial charge in [0.15, 0.2) is 0 Å². The molecule has 1 fully saturated rings. The highest BCUT2D eigenvalue weighted by molar-refractivity contribution is 5.79. The molecule has 0 unspecified atom stereocenters. The predicted octanol–water partition coefficient (Wildman–Crippen LogP) is 1.94. The molecule has 0 aromatic heterocycles. The molecule has 0 aromatic rings. The minimum atomic E-state index is -2.97. The molecular weight excluding hydrogens is 154 g/mol. The average molecular weight is 164 g/mol. The standard InChI is InChI=1S/C7H10F2O2/c1-2-7(3-4-7)5(10)11-6(8)9/h6H,2-4H2,1H3. The van der Waals surface area contributed by atoms with E-state index in [9.17, 15) is 13.6 Å². The van der Waals surface area contributed by atoms with Crippen molar-refractivity contribution in [2.45, 2.75) is 32.8 Å². The molecule has 0 bridgehead atoms. The first kappa shape index (κ1) is 8.43. The Morgan fingerprint density at radius 2 is 2.18 bits per heavy atom. The third kappa shape index (κ3) is 1.67. The van der Waals surface area contributed by atoms with Gasteiger partial charge in [-0.2, -0.15) is 8.78 Å². The van der Waals surface area contributed by atoms with Crippen molar-refractivity contribution in [1.29, 1.82) is 0 Å². The SMILES string of the molecule is CCC1(C(=O)OC(F)F)CC1. The van der Waals surface area contributed by atoms with E-state index in [0.29, 0.717) is 19.3 Å². The number of ether oxygens (including phenoxy) is 1. The van der Waals surface area contributed by atoms with Crippen LogP contribution in [0.25, 0.3) is 0 Å². The second kappa shape index (κ2) is 2.75. The fourth-order valence-electron chi connectivity index (χ4n) is 1.06. The van der Waals surface area contributed by atoms with Gasteiger partial charge >= 0.3 is 12.6 Å². The molecule has 11 heavy (non-hydrogen) atoms. The summed E-state index contributed by atoms with van der Waals surface area (Å²) in [5.74, 6) is -0.741. The fraction of sp³-hybridized carbons (Fsp3) is 0.857. The summed E-state index contributed by atoms with van der Waals surface area (Å²) in [7, 11) is 0. The highest BCUT2D eigenvalue weighted by Crippen LogP contribution is 2.49. The molecule has 0 spiro atoms. The van der Waals surface area contributed by atoms with Crippen LogP contribution in [0.2, 0.25) is 0 Å². The zero-order valence-electron chi connectivity index (χ0n) is 6.27. The number of carbonyl (C=O) groups excluding carboxylic acids is 1. The number of halogens is 2. The molecule has 1 aliphatic rings. The summed E-state index contributed by atoms with van der Waals surface area (Å²) in [6, 6.07) is 0. The number of rotatable bonds is 3. The molecule has 0 heterocycles. The van der Waals surface area contributed by atoms with E-state index < -0.39 is 18.0 Å². The van der Waals surface area contributed by atoms with Gasteiger partial charge in [0.1, 0.15) is 0 Å². The van der Waals surface area contributed by atoms with Crippen LogP contribution in [0.15, 0.2) is 0 Å². The predicted molar refractivity (Wildman–Crippen MR) is 34.1 cm³/mol. The quantitative estimate of drug-likeness (QED) is 0.596. The number of alkyl halides is 2. The van der Waals surface area contributed by atoms with Crippen LogP contribution in [0.3, 0.4) is 0 Å². The third-order valence-corrected chi connectivity index (χ3v) is 2.16. The van der Waals surface area contributed by atoms with Crippen molar-refractivity contribution in [3.63, 3.8) is 0 Å². The van der Waals surface area contributed by atoms with E-state index >= 15 is 0 Å². The van der Waals surface area contributed by atoms with Crippen LogP contribution >= 0.6 is 0 Å². The summed E-state index contributed by atoms with van der Waals surface area (Å²) < 4.78 is 26.9. The number of carbonyl (C=O) groups is 1. The maximum Gasteiger partial charge on any atom is 0.389 e. The summed E-state index contributed by atoms with van der Waals surface area (Å²) in [6.07, 6.45) is 1.97. The maximum absolute atomic E-state index is 11.5. The Bertz CT molecular complexity index is 164. The van der Waals surface area contributed by atoms with Crippen LogP contribution in [0.5, 0.6) is 0 Å². The Morgan fingerprint density at radius 1 is 1.64 bits per heavy atom. The second-order valence-electron chi connectivity index (χ2n) is 2.80. The minimum absolute atomic E-state index is 0.559. The van der Waals surface area contributed by atoms with Gasteiger partial charge in [-0.25, -0.2) is 0 Å². The largest absolute Gasteiger partial charge is 0.403 e. The first-order chi connectivity index (χ1) is 5.10. The molecule has 1 rings (SSSR count). The average Bonchev–Trinajstić information content (AvgIpc) is 2.65. The van der Waals surface area contributed by atoms with Crippen molar-refractivity contribution < 1.29 is 18.3 Å². The van der Waals surface area contributed by atoms with Crippen molar-refractivity contribution in [3.8, 4) is 0 Å². The van der Waals surface area contributed by atoms with Gasteiger partial charge in [0.05, 0.1) is 5.41 Å². The van der Waals surface area contributed by atoms with Crippen LogP contribution in [0, 0.1) is 5.41 Å². The molecule has 0 aliphatic heterocycles. The highest BCUT2D eigenvalue weighted by atomic mass is 19.3. The van der Waals surface area contributed by atoms with E-state index in [2.05, 4.69) is 4.74 Å². The maximum atomic E-state index is 11.5. The third-order valence-electron chi connectivity index (χ3n) is 2.16. The second-order valence-corrected chi connectivity index (χ2v) is 2.80. The lowest BCUT2D eigenvalue weighted by molar-refractivity contribution is -0.183. The Kier molecular flexibility index (Phi) is 2.11. The molecule has 1 saturated carbocycles. The minimum Gasteiger partial charge on any atom is -0.403 e. The topological polar surface area (TPSA) is 26.3 Å². The van der Waals surface area contributed by atoms with E-state index in [-0.39, 0.29) is 0 Å². The Balaban J connectivity index is 2.41. The molecule has 2 nitrogen and oxygen atoms in total. The monoisotopic (exact) mass is 164 g/mol.